The van der Waals surface area contributed by atoms with Crippen molar-refractivity contribution in [1.82, 2.24) is 0 Å². The minimum atomic E-state index is -0.131. The summed E-state index contributed by atoms with van der Waals surface area (Å²) in [4.78, 5) is 25.4. The molecule has 0 unspecified atom stereocenters. The maximum Gasteiger partial charge on any atom is 0.234 e. The van der Waals surface area contributed by atoms with E-state index in [1.807, 2.05) is 26.0 Å². The molecule has 1 aliphatic heterocycles. The standard InChI is InChI=1S/C16H18N2O2/c1-11-8-15(19)18(16(20)9-11)14-6-5-13(4-3-7-17)12(2)10-14/h5-6,10-11H,7-9,17H2,1-2H3. The highest BCUT2D eigenvalue weighted by Crippen LogP contribution is 2.26. The Bertz CT molecular complexity index is 593. The molecule has 2 rings (SSSR count). The predicted molar refractivity (Wildman–Crippen MR) is 78.0 cm³/mol. The first-order valence-electron chi connectivity index (χ1n) is 6.68. The normalized spacial score (nSPS) is 16.1. The molecule has 20 heavy (non-hydrogen) atoms. The molecule has 1 aromatic carbocycles. The van der Waals surface area contributed by atoms with Crippen molar-refractivity contribution in [1.29, 1.82) is 0 Å². The van der Waals surface area contributed by atoms with Gasteiger partial charge in [0, 0.05) is 18.4 Å². The van der Waals surface area contributed by atoms with Crippen LogP contribution in [0.3, 0.4) is 0 Å². The molecule has 0 aliphatic carbocycles. The lowest BCUT2D eigenvalue weighted by molar-refractivity contribution is -0.130. The van der Waals surface area contributed by atoms with Crippen LogP contribution in [-0.2, 0) is 9.59 Å². The van der Waals surface area contributed by atoms with E-state index in [4.69, 9.17) is 5.73 Å². The van der Waals surface area contributed by atoms with Crippen molar-refractivity contribution >= 4 is 17.5 Å². The van der Waals surface area contributed by atoms with Gasteiger partial charge in [-0.3, -0.25) is 14.5 Å². The van der Waals surface area contributed by atoms with Gasteiger partial charge >= 0.3 is 0 Å². The fourth-order valence-electron chi connectivity index (χ4n) is 2.35. The van der Waals surface area contributed by atoms with Gasteiger partial charge in [0.05, 0.1) is 12.2 Å². The topological polar surface area (TPSA) is 63.4 Å². The summed E-state index contributed by atoms with van der Waals surface area (Å²) in [6, 6.07) is 5.41. The number of nitrogens with zero attached hydrogens (tertiary/aromatic N) is 1. The number of carbonyl (C=O) groups is 2. The fourth-order valence-corrected chi connectivity index (χ4v) is 2.35. The van der Waals surface area contributed by atoms with E-state index in [1.54, 1.807) is 6.07 Å². The first-order chi connectivity index (χ1) is 9.52. The quantitative estimate of drug-likeness (QED) is 0.622. The van der Waals surface area contributed by atoms with Crippen LogP contribution in [0, 0.1) is 24.7 Å². The second-order valence-corrected chi connectivity index (χ2v) is 5.14. The lowest BCUT2D eigenvalue weighted by atomic mass is 9.97. The van der Waals surface area contributed by atoms with Crippen LogP contribution in [-0.4, -0.2) is 18.4 Å². The highest BCUT2D eigenvalue weighted by atomic mass is 16.2. The van der Waals surface area contributed by atoms with Crippen LogP contribution in [0.15, 0.2) is 18.2 Å². The lowest BCUT2D eigenvalue weighted by Gasteiger charge is -2.28. The molecule has 4 nitrogen and oxygen atoms in total. The number of benzene rings is 1. The Morgan fingerprint density at radius 1 is 1.30 bits per heavy atom. The summed E-state index contributed by atoms with van der Waals surface area (Å²) in [6.45, 7) is 4.14. The van der Waals surface area contributed by atoms with Gasteiger partial charge < -0.3 is 5.73 Å². The summed E-state index contributed by atoms with van der Waals surface area (Å²) in [7, 11) is 0. The van der Waals surface area contributed by atoms with E-state index in [2.05, 4.69) is 11.8 Å². The maximum absolute atomic E-state index is 12.0. The molecule has 0 spiro atoms. The molecule has 0 aromatic heterocycles. The molecule has 2 amide bonds. The molecule has 4 heteroatoms. The Kier molecular flexibility index (Phi) is 4.21. The number of aryl methyl sites for hydroxylation is 1. The molecule has 1 aromatic rings. The Labute approximate surface area is 118 Å². The zero-order chi connectivity index (χ0) is 14.7. The van der Waals surface area contributed by atoms with Gasteiger partial charge in [0.2, 0.25) is 11.8 Å². The number of carbonyl (C=O) groups excluding carboxylic acids is 2. The Morgan fingerprint density at radius 2 is 1.95 bits per heavy atom. The van der Waals surface area contributed by atoms with Crippen molar-refractivity contribution in [2.75, 3.05) is 11.4 Å². The van der Waals surface area contributed by atoms with Crippen LogP contribution in [0.4, 0.5) is 5.69 Å². The molecular formula is C16H18N2O2. The van der Waals surface area contributed by atoms with Crippen LogP contribution in [0.25, 0.3) is 0 Å². The lowest BCUT2D eigenvalue weighted by Crippen LogP contribution is -2.42. The van der Waals surface area contributed by atoms with Crippen LogP contribution >= 0.6 is 0 Å². The second kappa shape index (κ2) is 5.89. The zero-order valence-electron chi connectivity index (χ0n) is 11.8. The van der Waals surface area contributed by atoms with Crippen molar-refractivity contribution in [3.63, 3.8) is 0 Å². The number of hydrogen-bond donors (Lipinski definition) is 1. The Hall–Kier alpha value is -2.12. The van der Waals surface area contributed by atoms with Gasteiger partial charge in [0.15, 0.2) is 0 Å². The van der Waals surface area contributed by atoms with E-state index in [-0.39, 0.29) is 17.7 Å². The highest BCUT2D eigenvalue weighted by molar-refractivity contribution is 6.16. The fraction of sp³-hybridized carbons (Fsp3) is 0.375. The van der Waals surface area contributed by atoms with E-state index in [0.717, 1.165) is 11.1 Å². The number of piperidine rings is 1. The van der Waals surface area contributed by atoms with Gasteiger partial charge in [0.25, 0.3) is 0 Å². The smallest absolute Gasteiger partial charge is 0.234 e. The second-order valence-electron chi connectivity index (χ2n) is 5.14. The van der Waals surface area contributed by atoms with Crippen molar-refractivity contribution < 1.29 is 9.59 Å². The summed E-state index contributed by atoms with van der Waals surface area (Å²) < 4.78 is 0. The Morgan fingerprint density at radius 3 is 2.50 bits per heavy atom. The summed E-state index contributed by atoms with van der Waals surface area (Å²) in [5.41, 5.74) is 7.78. The first-order valence-corrected chi connectivity index (χ1v) is 6.68. The molecule has 1 aliphatic rings. The van der Waals surface area contributed by atoms with Gasteiger partial charge in [-0.05, 0) is 36.6 Å². The zero-order valence-corrected chi connectivity index (χ0v) is 11.8. The predicted octanol–water partition coefficient (Wildman–Crippen LogP) is 1.59. The number of anilines is 1. The van der Waals surface area contributed by atoms with Gasteiger partial charge in [-0.2, -0.15) is 0 Å². The molecule has 1 heterocycles. The monoisotopic (exact) mass is 270 g/mol. The minimum Gasteiger partial charge on any atom is -0.320 e. The van der Waals surface area contributed by atoms with Gasteiger partial charge in [-0.25, -0.2) is 0 Å². The molecular weight excluding hydrogens is 252 g/mol. The minimum absolute atomic E-state index is 0.127. The number of hydrogen-bond acceptors (Lipinski definition) is 3. The van der Waals surface area contributed by atoms with Crippen LogP contribution < -0.4 is 10.6 Å². The average molecular weight is 270 g/mol. The maximum atomic E-state index is 12.0. The van der Waals surface area contributed by atoms with Crippen molar-refractivity contribution in [2.24, 2.45) is 11.7 Å². The molecule has 0 radical (unpaired) electrons. The van der Waals surface area contributed by atoms with E-state index in [1.165, 1.54) is 4.90 Å². The van der Waals surface area contributed by atoms with E-state index >= 15 is 0 Å². The van der Waals surface area contributed by atoms with Gasteiger partial charge in [-0.15, -0.1) is 0 Å². The number of imide groups is 1. The molecule has 0 bridgehead atoms. The summed E-state index contributed by atoms with van der Waals surface area (Å²) in [6.07, 6.45) is 0.832. The van der Waals surface area contributed by atoms with Crippen molar-refractivity contribution in [3.05, 3.63) is 29.3 Å². The third kappa shape index (κ3) is 2.89. The van der Waals surface area contributed by atoms with Gasteiger partial charge in [-0.1, -0.05) is 18.8 Å². The Balaban J connectivity index is 2.32. The first kappa shape index (κ1) is 14.3. The third-order valence-corrected chi connectivity index (χ3v) is 3.34. The van der Waals surface area contributed by atoms with Crippen molar-refractivity contribution in [3.8, 4) is 11.8 Å². The van der Waals surface area contributed by atoms with Crippen LogP contribution in [0.2, 0.25) is 0 Å². The van der Waals surface area contributed by atoms with Crippen LogP contribution in [0.1, 0.15) is 30.9 Å². The summed E-state index contributed by atoms with van der Waals surface area (Å²) >= 11 is 0. The van der Waals surface area contributed by atoms with Crippen LogP contribution in [0.5, 0.6) is 0 Å². The molecule has 0 saturated carbocycles. The number of nitrogens with two attached hydrogens (primary N) is 1. The average Bonchev–Trinajstić information content (AvgIpc) is 2.36. The van der Waals surface area contributed by atoms with E-state index < -0.39 is 0 Å². The molecule has 0 atom stereocenters. The molecule has 1 fully saturated rings. The van der Waals surface area contributed by atoms with E-state index in [0.29, 0.717) is 25.1 Å². The van der Waals surface area contributed by atoms with Gasteiger partial charge in [0.1, 0.15) is 0 Å². The SMILES string of the molecule is Cc1cc(N2C(=O)CC(C)CC2=O)ccc1C#CCN. The largest absolute Gasteiger partial charge is 0.320 e. The summed E-state index contributed by atoms with van der Waals surface area (Å²) in [5, 5.41) is 0. The number of amides is 2. The molecule has 104 valence electrons. The summed E-state index contributed by atoms with van der Waals surface area (Å²) in [5.74, 6) is 5.63. The number of rotatable bonds is 1. The highest BCUT2D eigenvalue weighted by Gasteiger charge is 2.31. The molecule has 2 N–H and O–H groups in total. The van der Waals surface area contributed by atoms with E-state index in [9.17, 15) is 9.59 Å². The molecule has 1 saturated heterocycles. The third-order valence-electron chi connectivity index (χ3n) is 3.34. The van der Waals surface area contributed by atoms with Crippen molar-refractivity contribution in [2.45, 2.75) is 26.7 Å².